The molecule has 0 bridgehead atoms. The second-order valence-electron chi connectivity index (χ2n) is 6.74. The van der Waals surface area contributed by atoms with Crippen LogP contribution in [0.2, 0.25) is 0 Å². The first-order valence-electron chi connectivity index (χ1n) is 9.23. The Balaban J connectivity index is 1.55. The van der Waals surface area contributed by atoms with E-state index in [2.05, 4.69) is 35.6 Å². The van der Waals surface area contributed by atoms with Gasteiger partial charge in [0, 0.05) is 24.1 Å². The summed E-state index contributed by atoms with van der Waals surface area (Å²) in [6.07, 6.45) is 2.72. The average molecular weight is 393 g/mol. The monoisotopic (exact) mass is 393 g/mol. The summed E-state index contributed by atoms with van der Waals surface area (Å²) in [5, 5.41) is 13.3. The van der Waals surface area contributed by atoms with Crippen molar-refractivity contribution in [3.8, 4) is 17.0 Å². The quantitative estimate of drug-likeness (QED) is 0.574. The second-order valence-corrected chi connectivity index (χ2v) is 6.74. The number of methoxy groups -OCH3 is 1. The van der Waals surface area contributed by atoms with Gasteiger partial charge in [-0.05, 0) is 30.7 Å². The topological polar surface area (TPSA) is 92.1 Å². The molecule has 0 aliphatic carbocycles. The number of hydrogen-bond donors (Lipinski definition) is 3. The molecule has 3 aromatic rings. The fourth-order valence-corrected chi connectivity index (χ4v) is 3.46. The van der Waals surface area contributed by atoms with Crippen molar-refractivity contribution in [2.24, 2.45) is 0 Å². The summed E-state index contributed by atoms with van der Waals surface area (Å²) in [4.78, 5) is 11.3. The molecule has 2 aromatic heterocycles. The average Bonchev–Trinajstić information content (AvgIpc) is 3.22. The molecule has 29 heavy (non-hydrogen) atoms. The van der Waals surface area contributed by atoms with Crippen LogP contribution in [0, 0.1) is 6.57 Å². The number of nitrogens with zero attached hydrogens (tertiary/aromatic N) is 4. The van der Waals surface area contributed by atoms with Gasteiger partial charge in [0.05, 0.1) is 19.0 Å². The van der Waals surface area contributed by atoms with E-state index in [0.29, 0.717) is 23.9 Å². The van der Waals surface area contributed by atoms with Gasteiger partial charge in [0.25, 0.3) is 5.82 Å². The lowest BCUT2D eigenvalue weighted by Crippen LogP contribution is -2.36. The molecule has 148 valence electrons. The number of halogens is 1. The van der Waals surface area contributed by atoms with E-state index < -0.39 is 6.17 Å². The van der Waals surface area contributed by atoms with Crippen molar-refractivity contribution in [1.29, 1.82) is 0 Å². The van der Waals surface area contributed by atoms with Crippen molar-refractivity contribution in [3.05, 3.63) is 53.6 Å². The summed E-state index contributed by atoms with van der Waals surface area (Å²) in [7, 11) is 1.60. The van der Waals surface area contributed by atoms with Gasteiger partial charge in [-0.3, -0.25) is 5.10 Å². The Kier molecular flexibility index (Phi) is 5.35. The standard InChI is InChI=1S/C20H20FN7O/c1-22-19-10-25-20(11-24-19)26-18-8-16(27-28-18)14-4-3-12(7-17(14)29-2)13-5-6-23-9-15(13)21/h3-4,7-8,10-11,13,15,23H,5-6,9H2,2H3,(H2,25,26,27,28). The van der Waals surface area contributed by atoms with Gasteiger partial charge < -0.3 is 20.2 Å². The summed E-state index contributed by atoms with van der Waals surface area (Å²) in [6, 6.07) is 7.60. The molecule has 0 spiro atoms. The number of piperidine rings is 1. The van der Waals surface area contributed by atoms with Gasteiger partial charge in [-0.1, -0.05) is 12.6 Å². The molecule has 2 unspecified atom stereocenters. The fraction of sp³-hybridized carbons (Fsp3) is 0.300. The van der Waals surface area contributed by atoms with Crippen LogP contribution in [0.15, 0.2) is 36.7 Å². The molecule has 0 radical (unpaired) electrons. The van der Waals surface area contributed by atoms with E-state index in [-0.39, 0.29) is 11.7 Å². The van der Waals surface area contributed by atoms with Gasteiger partial charge in [-0.2, -0.15) is 5.10 Å². The van der Waals surface area contributed by atoms with Gasteiger partial charge in [0.15, 0.2) is 17.8 Å². The lowest BCUT2D eigenvalue weighted by atomic mass is 9.88. The fourth-order valence-electron chi connectivity index (χ4n) is 3.46. The van der Waals surface area contributed by atoms with Crippen molar-refractivity contribution in [3.63, 3.8) is 0 Å². The third kappa shape index (κ3) is 4.02. The molecule has 0 saturated carbocycles. The van der Waals surface area contributed by atoms with Gasteiger partial charge in [0.1, 0.15) is 11.9 Å². The maximum Gasteiger partial charge on any atom is 0.288 e. The number of alkyl halides is 1. The zero-order valence-corrected chi connectivity index (χ0v) is 15.8. The summed E-state index contributed by atoms with van der Waals surface area (Å²) in [5.74, 6) is 1.79. The molecule has 4 rings (SSSR count). The molecule has 2 atom stereocenters. The minimum Gasteiger partial charge on any atom is -0.496 e. The van der Waals surface area contributed by atoms with Crippen LogP contribution in [0.1, 0.15) is 17.9 Å². The molecule has 1 aliphatic rings. The van der Waals surface area contributed by atoms with Crippen molar-refractivity contribution >= 4 is 17.5 Å². The molecule has 1 aromatic carbocycles. The summed E-state index contributed by atoms with van der Waals surface area (Å²) in [6.45, 7) is 8.10. The molecular weight excluding hydrogens is 373 g/mol. The zero-order valence-electron chi connectivity index (χ0n) is 15.8. The number of aromatic amines is 1. The van der Waals surface area contributed by atoms with Crippen molar-refractivity contribution in [2.45, 2.75) is 18.5 Å². The van der Waals surface area contributed by atoms with Gasteiger partial charge >= 0.3 is 0 Å². The van der Waals surface area contributed by atoms with E-state index in [1.807, 2.05) is 24.3 Å². The van der Waals surface area contributed by atoms with Gasteiger partial charge in [-0.25, -0.2) is 9.37 Å². The minimum atomic E-state index is -0.905. The number of anilines is 2. The van der Waals surface area contributed by atoms with E-state index in [4.69, 9.17) is 11.3 Å². The van der Waals surface area contributed by atoms with Crippen LogP contribution in [0.4, 0.5) is 21.8 Å². The Labute approximate surface area is 167 Å². The summed E-state index contributed by atoms with van der Waals surface area (Å²) in [5.41, 5.74) is 2.52. The van der Waals surface area contributed by atoms with Crippen LogP contribution in [0.5, 0.6) is 5.75 Å². The highest BCUT2D eigenvalue weighted by Gasteiger charge is 2.27. The van der Waals surface area contributed by atoms with Crippen LogP contribution >= 0.6 is 0 Å². The third-order valence-corrected chi connectivity index (χ3v) is 4.94. The molecule has 0 amide bonds. The van der Waals surface area contributed by atoms with Crippen LogP contribution in [-0.2, 0) is 0 Å². The Hall–Kier alpha value is -3.51. The number of rotatable bonds is 5. The highest BCUT2D eigenvalue weighted by molar-refractivity contribution is 5.71. The minimum absolute atomic E-state index is 0.129. The predicted molar refractivity (Wildman–Crippen MR) is 107 cm³/mol. The highest BCUT2D eigenvalue weighted by atomic mass is 19.1. The molecule has 9 heteroatoms. The summed E-state index contributed by atoms with van der Waals surface area (Å²) < 4.78 is 19.9. The predicted octanol–water partition coefficient (Wildman–Crippen LogP) is 3.58. The molecular formula is C20H20FN7O. The van der Waals surface area contributed by atoms with Gasteiger partial charge in [0.2, 0.25) is 0 Å². The number of H-pyrrole nitrogens is 1. The lowest BCUT2D eigenvalue weighted by Gasteiger charge is -2.27. The Morgan fingerprint density at radius 2 is 2.14 bits per heavy atom. The SMILES string of the molecule is [C-]#[N+]c1cnc(Nc2cc(-c3ccc(C4CCNCC4F)cc3OC)[nH]n2)cn1. The van der Waals surface area contributed by atoms with Crippen LogP contribution in [0.3, 0.4) is 0 Å². The van der Waals surface area contributed by atoms with Crippen LogP contribution < -0.4 is 15.4 Å². The molecule has 1 saturated heterocycles. The van der Waals surface area contributed by atoms with Crippen molar-refractivity contribution in [1.82, 2.24) is 25.5 Å². The third-order valence-electron chi connectivity index (χ3n) is 4.94. The first-order chi connectivity index (χ1) is 14.2. The number of benzene rings is 1. The maximum absolute atomic E-state index is 14.3. The molecule has 3 N–H and O–H groups in total. The number of hydrogen-bond acceptors (Lipinski definition) is 6. The number of nitrogens with one attached hydrogen (secondary N) is 3. The van der Waals surface area contributed by atoms with Crippen LogP contribution in [-0.4, -0.2) is 46.5 Å². The van der Waals surface area contributed by atoms with E-state index in [1.54, 1.807) is 7.11 Å². The number of aromatic nitrogens is 4. The molecule has 1 fully saturated rings. The Morgan fingerprint density at radius 3 is 2.86 bits per heavy atom. The Bertz CT molecular complexity index is 1030. The largest absolute Gasteiger partial charge is 0.496 e. The zero-order chi connectivity index (χ0) is 20.2. The van der Waals surface area contributed by atoms with Crippen molar-refractivity contribution < 1.29 is 9.13 Å². The normalized spacial score (nSPS) is 18.8. The molecule has 8 nitrogen and oxygen atoms in total. The molecule has 1 aliphatic heterocycles. The van der Waals surface area contributed by atoms with E-state index in [1.165, 1.54) is 12.4 Å². The van der Waals surface area contributed by atoms with E-state index in [0.717, 1.165) is 29.8 Å². The summed E-state index contributed by atoms with van der Waals surface area (Å²) >= 11 is 0. The second kappa shape index (κ2) is 8.24. The molecule has 3 heterocycles. The first kappa shape index (κ1) is 18.8. The maximum atomic E-state index is 14.3. The van der Waals surface area contributed by atoms with E-state index >= 15 is 0 Å². The lowest BCUT2D eigenvalue weighted by molar-refractivity contribution is 0.231. The van der Waals surface area contributed by atoms with Gasteiger partial charge in [-0.15, -0.1) is 4.98 Å². The van der Waals surface area contributed by atoms with Crippen molar-refractivity contribution in [2.75, 3.05) is 25.5 Å². The van der Waals surface area contributed by atoms with Crippen LogP contribution in [0.25, 0.3) is 16.1 Å². The smallest absolute Gasteiger partial charge is 0.288 e. The Morgan fingerprint density at radius 1 is 1.24 bits per heavy atom. The number of ether oxygens (including phenoxy) is 1. The van der Waals surface area contributed by atoms with E-state index in [9.17, 15) is 4.39 Å². The highest BCUT2D eigenvalue weighted by Crippen LogP contribution is 2.36. The first-order valence-corrected chi connectivity index (χ1v) is 9.23.